The molecule has 30 heavy (non-hydrogen) atoms. The second-order valence-corrected chi connectivity index (χ2v) is 8.99. The molecule has 2 heterocycles. The first-order chi connectivity index (χ1) is 14.6. The smallest absolute Gasteiger partial charge is 0.126 e. The van der Waals surface area contributed by atoms with Gasteiger partial charge in [-0.15, -0.1) is 0 Å². The Labute approximate surface area is 183 Å². The quantitative estimate of drug-likeness (QED) is 0.504. The molecule has 0 radical (unpaired) electrons. The number of nitrogens with zero attached hydrogens (tertiary/aromatic N) is 1. The second kappa shape index (κ2) is 9.86. The van der Waals surface area contributed by atoms with Crippen molar-refractivity contribution >= 4 is 28.8 Å². The van der Waals surface area contributed by atoms with E-state index in [4.69, 9.17) is 27.8 Å². The fourth-order valence-electron chi connectivity index (χ4n) is 4.33. The molecule has 1 aromatic carbocycles. The largest absolute Gasteiger partial charge is 0.399 e. The summed E-state index contributed by atoms with van der Waals surface area (Å²) in [6.45, 7) is 2.63. The predicted molar refractivity (Wildman–Crippen MR) is 125 cm³/mol. The summed E-state index contributed by atoms with van der Waals surface area (Å²) in [6, 6.07) is 8.81. The molecular weight excluding hydrogens is 398 g/mol. The van der Waals surface area contributed by atoms with Crippen molar-refractivity contribution in [1.29, 1.82) is 0 Å². The van der Waals surface area contributed by atoms with E-state index in [-0.39, 0.29) is 0 Å². The number of halogens is 1. The Balaban J connectivity index is 1.48. The summed E-state index contributed by atoms with van der Waals surface area (Å²) in [7, 11) is 0. The molecule has 0 spiro atoms. The van der Waals surface area contributed by atoms with E-state index in [1.807, 2.05) is 18.2 Å². The van der Waals surface area contributed by atoms with Gasteiger partial charge in [-0.1, -0.05) is 11.6 Å². The Morgan fingerprint density at radius 1 is 1.03 bits per heavy atom. The molecule has 1 aromatic heterocycles. The molecule has 1 aliphatic heterocycles. The summed E-state index contributed by atoms with van der Waals surface area (Å²) in [6.07, 6.45) is 8.15. The first-order valence-corrected chi connectivity index (χ1v) is 11.3. The lowest BCUT2D eigenvalue weighted by molar-refractivity contribution is 0.0699. The third-order valence-electron chi connectivity index (χ3n) is 6.18. The van der Waals surface area contributed by atoms with Gasteiger partial charge in [-0.3, -0.25) is 0 Å². The summed E-state index contributed by atoms with van der Waals surface area (Å²) < 4.78 is 5.45. The topological polar surface area (TPSA) is 98.2 Å². The maximum absolute atomic E-state index is 6.51. The minimum Gasteiger partial charge on any atom is -0.399 e. The minimum absolute atomic E-state index is 0.330. The van der Waals surface area contributed by atoms with Gasteiger partial charge in [0.05, 0.1) is 5.02 Å². The number of pyridine rings is 1. The molecule has 162 valence electrons. The van der Waals surface area contributed by atoms with Crippen molar-refractivity contribution in [3.8, 4) is 11.1 Å². The van der Waals surface area contributed by atoms with Crippen LogP contribution in [0.3, 0.4) is 0 Å². The van der Waals surface area contributed by atoms with Crippen molar-refractivity contribution in [1.82, 2.24) is 4.98 Å². The summed E-state index contributed by atoms with van der Waals surface area (Å²) in [5, 5.41) is 7.72. The Hall–Kier alpha value is -2.02. The van der Waals surface area contributed by atoms with Gasteiger partial charge in [-0.2, -0.15) is 0 Å². The van der Waals surface area contributed by atoms with Crippen LogP contribution in [0.15, 0.2) is 30.5 Å². The van der Waals surface area contributed by atoms with Crippen molar-refractivity contribution in [2.24, 2.45) is 11.7 Å². The highest BCUT2D eigenvalue weighted by Gasteiger charge is 2.19. The van der Waals surface area contributed by atoms with Crippen LogP contribution >= 0.6 is 11.6 Å². The van der Waals surface area contributed by atoms with Crippen LogP contribution in [0.5, 0.6) is 0 Å². The second-order valence-electron chi connectivity index (χ2n) is 8.59. The fraction of sp³-hybridized carbons (Fsp3) is 0.522. The van der Waals surface area contributed by atoms with Gasteiger partial charge in [0, 0.05) is 55.0 Å². The van der Waals surface area contributed by atoms with Crippen LogP contribution in [0.25, 0.3) is 11.1 Å². The molecular formula is C23H32ClN5O. The SMILES string of the molecule is Nc1cc(NCC2CCOCC2)cc(-c2cc(N[C@H]3CC[C@H](N)CC3)ncc2Cl)c1. The van der Waals surface area contributed by atoms with Crippen LogP contribution < -0.4 is 22.1 Å². The van der Waals surface area contributed by atoms with E-state index >= 15 is 0 Å². The summed E-state index contributed by atoms with van der Waals surface area (Å²) in [4.78, 5) is 4.49. The summed E-state index contributed by atoms with van der Waals surface area (Å²) in [5.41, 5.74) is 15.9. The van der Waals surface area contributed by atoms with Gasteiger partial charge in [-0.25, -0.2) is 4.98 Å². The van der Waals surface area contributed by atoms with Crippen molar-refractivity contribution in [2.75, 3.05) is 36.1 Å². The lowest BCUT2D eigenvalue weighted by Gasteiger charge is -2.27. The maximum Gasteiger partial charge on any atom is 0.126 e. The number of anilines is 3. The van der Waals surface area contributed by atoms with E-state index in [0.717, 1.165) is 80.9 Å². The maximum atomic E-state index is 6.51. The highest BCUT2D eigenvalue weighted by Crippen LogP contribution is 2.33. The monoisotopic (exact) mass is 429 g/mol. The lowest BCUT2D eigenvalue weighted by atomic mass is 9.92. The molecule has 1 saturated carbocycles. The number of aromatic nitrogens is 1. The first-order valence-electron chi connectivity index (χ1n) is 11.0. The number of nitrogens with two attached hydrogens (primary N) is 2. The number of rotatable bonds is 6. The number of ether oxygens (including phenoxy) is 1. The van der Waals surface area contributed by atoms with Crippen LogP contribution in [-0.2, 0) is 4.74 Å². The molecule has 0 atom stereocenters. The molecule has 0 bridgehead atoms. The third kappa shape index (κ3) is 5.56. The van der Waals surface area contributed by atoms with Gasteiger partial charge in [0.1, 0.15) is 5.82 Å². The van der Waals surface area contributed by atoms with Gasteiger partial charge in [-0.05, 0) is 74.3 Å². The van der Waals surface area contributed by atoms with E-state index in [2.05, 4.69) is 21.7 Å². The summed E-state index contributed by atoms with van der Waals surface area (Å²) in [5.74, 6) is 1.47. The number of hydrogen-bond donors (Lipinski definition) is 4. The average Bonchev–Trinajstić information content (AvgIpc) is 2.75. The van der Waals surface area contributed by atoms with Crippen molar-refractivity contribution < 1.29 is 4.74 Å². The molecule has 4 rings (SSSR count). The molecule has 7 heteroatoms. The Morgan fingerprint density at radius 2 is 1.80 bits per heavy atom. The van der Waals surface area contributed by atoms with E-state index in [1.54, 1.807) is 6.20 Å². The summed E-state index contributed by atoms with van der Waals surface area (Å²) >= 11 is 6.51. The fourth-order valence-corrected chi connectivity index (χ4v) is 4.55. The van der Waals surface area contributed by atoms with Crippen LogP contribution in [0.1, 0.15) is 38.5 Å². The van der Waals surface area contributed by atoms with E-state index in [1.165, 1.54) is 0 Å². The van der Waals surface area contributed by atoms with Gasteiger partial charge in [0.25, 0.3) is 0 Å². The normalized spacial score (nSPS) is 22.6. The molecule has 2 fully saturated rings. The van der Waals surface area contributed by atoms with Crippen molar-refractivity contribution in [3.05, 3.63) is 35.5 Å². The predicted octanol–water partition coefficient (Wildman–Crippen LogP) is 4.50. The highest BCUT2D eigenvalue weighted by atomic mass is 35.5. The Kier molecular flexibility index (Phi) is 6.97. The third-order valence-corrected chi connectivity index (χ3v) is 6.48. The van der Waals surface area contributed by atoms with Crippen LogP contribution in [-0.4, -0.2) is 36.8 Å². The number of benzene rings is 1. The Morgan fingerprint density at radius 3 is 2.57 bits per heavy atom. The molecule has 0 unspecified atom stereocenters. The van der Waals surface area contributed by atoms with Crippen LogP contribution in [0.2, 0.25) is 5.02 Å². The van der Waals surface area contributed by atoms with Crippen molar-refractivity contribution in [2.45, 2.75) is 50.6 Å². The zero-order chi connectivity index (χ0) is 20.9. The van der Waals surface area contributed by atoms with Crippen LogP contribution in [0, 0.1) is 5.92 Å². The molecule has 6 N–H and O–H groups in total. The van der Waals surface area contributed by atoms with E-state index < -0.39 is 0 Å². The van der Waals surface area contributed by atoms with Gasteiger partial charge < -0.3 is 26.8 Å². The molecule has 1 aliphatic carbocycles. The lowest BCUT2D eigenvalue weighted by Crippen LogP contribution is -2.33. The zero-order valence-corrected chi connectivity index (χ0v) is 18.1. The molecule has 6 nitrogen and oxygen atoms in total. The number of nitrogens with one attached hydrogen (secondary N) is 2. The van der Waals surface area contributed by atoms with Crippen molar-refractivity contribution in [3.63, 3.8) is 0 Å². The first kappa shape index (κ1) is 21.2. The number of hydrogen-bond acceptors (Lipinski definition) is 6. The van der Waals surface area contributed by atoms with Gasteiger partial charge >= 0.3 is 0 Å². The number of nitrogen functional groups attached to an aromatic ring is 1. The van der Waals surface area contributed by atoms with Gasteiger partial charge in [0.2, 0.25) is 0 Å². The average molecular weight is 430 g/mol. The van der Waals surface area contributed by atoms with Crippen LogP contribution in [0.4, 0.5) is 17.2 Å². The molecule has 2 aromatic rings. The van der Waals surface area contributed by atoms with E-state index in [9.17, 15) is 0 Å². The highest BCUT2D eigenvalue weighted by molar-refractivity contribution is 6.33. The Bertz CT molecular complexity index is 847. The molecule has 1 saturated heterocycles. The standard InChI is InChI=1S/C23H32ClN5O/c24-22-14-28-23(29-19-3-1-17(25)2-4-19)12-21(22)16-9-18(26)11-20(10-16)27-13-15-5-7-30-8-6-15/h9-12,14-15,17,19,27H,1-8,13,25-26H2,(H,28,29)/t17-,19-. The van der Waals surface area contributed by atoms with E-state index in [0.29, 0.717) is 28.7 Å². The zero-order valence-electron chi connectivity index (χ0n) is 17.4. The molecule has 0 amide bonds. The van der Waals surface area contributed by atoms with Gasteiger partial charge in [0.15, 0.2) is 0 Å². The molecule has 2 aliphatic rings. The minimum atomic E-state index is 0.330.